The largest absolute Gasteiger partial charge is 0.467 e. The van der Waals surface area contributed by atoms with Crippen molar-refractivity contribution in [3.05, 3.63) is 0 Å². The second-order valence-corrected chi connectivity index (χ2v) is 4.42. The Labute approximate surface area is 117 Å². The van der Waals surface area contributed by atoms with Crippen LogP contribution in [0, 0.1) is 0 Å². The predicted molar refractivity (Wildman–Crippen MR) is 64.6 cm³/mol. The maximum atomic E-state index is 11.8. The van der Waals surface area contributed by atoms with Gasteiger partial charge in [-0.25, -0.2) is 9.59 Å². The second kappa shape index (κ2) is 6.04. The number of carbonyl (C=O) groups excluding carboxylic acids is 2. The molecule has 0 aliphatic carbocycles. The van der Waals surface area contributed by atoms with Gasteiger partial charge in [0.05, 0.1) is 14.2 Å². The van der Waals surface area contributed by atoms with Gasteiger partial charge in [-0.15, -0.1) is 0 Å². The Morgan fingerprint density at radius 3 is 1.30 bits per heavy atom. The molecule has 1 aliphatic rings. The van der Waals surface area contributed by atoms with Gasteiger partial charge in [0.1, 0.15) is 0 Å². The van der Waals surface area contributed by atoms with E-state index in [1.54, 1.807) is 0 Å². The maximum absolute atomic E-state index is 11.8. The summed E-state index contributed by atoms with van der Waals surface area (Å²) in [7, 11) is 5.09. The van der Waals surface area contributed by atoms with E-state index < -0.39 is 35.7 Å². The zero-order chi connectivity index (χ0) is 15.6. The SMILES string of the molecule is COC(=O)[C@H]1O[C@](C)(OC)[C@@](C)(OC)O[C@H]1C(=O)OC. The molecule has 0 aromatic heterocycles. The first-order valence-electron chi connectivity index (χ1n) is 5.90. The zero-order valence-corrected chi connectivity index (χ0v) is 12.4. The first-order chi connectivity index (χ1) is 9.28. The van der Waals surface area contributed by atoms with Crippen LogP contribution in [-0.2, 0) is 38.0 Å². The molecule has 0 saturated carbocycles. The highest BCUT2D eigenvalue weighted by Gasteiger charge is 2.60. The lowest BCUT2D eigenvalue weighted by Gasteiger charge is -2.50. The summed E-state index contributed by atoms with van der Waals surface area (Å²) in [4.78, 5) is 23.5. The molecule has 1 heterocycles. The minimum atomic E-state index is -1.41. The first-order valence-corrected chi connectivity index (χ1v) is 5.90. The number of methoxy groups -OCH3 is 4. The molecule has 4 atom stereocenters. The van der Waals surface area contributed by atoms with E-state index in [1.807, 2.05) is 0 Å². The van der Waals surface area contributed by atoms with Crippen LogP contribution in [0.5, 0.6) is 0 Å². The van der Waals surface area contributed by atoms with Crippen molar-refractivity contribution in [1.82, 2.24) is 0 Å². The summed E-state index contributed by atoms with van der Waals surface area (Å²) >= 11 is 0. The monoisotopic (exact) mass is 292 g/mol. The van der Waals surface area contributed by atoms with Crippen LogP contribution in [-0.4, -0.2) is 64.2 Å². The Bertz CT molecular complexity index is 348. The van der Waals surface area contributed by atoms with Crippen molar-refractivity contribution in [2.75, 3.05) is 28.4 Å². The molecule has 8 nitrogen and oxygen atoms in total. The third-order valence-electron chi connectivity index (χ3n) is 3.45. The topological polar surface area (TPSA) is 89.5 Å². The minimum Gasteiger partial charge on any atom is -0.467 e. The van der Waals surface area contributed by atoms with Gasteiger partial charge in [0.2, 0.25) is 11.6 Å². The highest BCUT2D eigenvalue weighted by Crippen LogP contribution is 2.39. The van der Waals surface area contributed by atoms with Crippen molar-refractivity contribution in [3.63, 3.8) is 0 Å². The third-order valence-corrected chi connectivity index (χ3v) is 3.45. The van der Waals surface area contributed by atoms with E-state index in [0.717, 1.165) is 0 Å². The molecule has 0 aromatic rings. The van der Waals surface area contributed by atoms with E-state index in [9.17, 15) is 9.59 Å². The van der Waals surface area contributed by atoms with Crippen LogP contribution in [0.25, 0.3) is 0 Å². The van der Waals surface area contributed by atoms with Crippen LogP contribution < -0.4 is 0 Å². The molecule has 8 heteroatoms. The molecule has 0 amide bonds. The molecule has 20 heavy (non-hydrogen) atoms. The molecule has 0 bridgehead atoms. The Morgan fingerprint density at radius 2 is 1.10 bits per heavy atom. The fourth-order valence-corrected chi connectivity index (χ4v) is 1.86. The predicted octanol–water partition coefficient (Wildman–Crippen LogP) is -0.158. The molecule has 116 valence electrons. The smallest absolute Gasteiger partial charge is 0.338 e. The minimum absolute atomic E-state index is 0.776. The molecule has 0 aromatic carbocycles. The Morgan fingerprint density at radius 1 is 0.800 bits per heavy atom. The second-order valence-electron chi connectivity index (χ2n) is 4.42. The molecule has 1 fully saturated rings. The lowest BCUT2D eigenvalue weighted by Crippen LogP contribution is -2.68. The van der Waals surface area contributed by atoms with Crippen LogP contribution in [0.1, 0.15) is 13.8 Å². The number of hydrogen-bond donors (Lipinski definition) is 0. The van der Waals surface area contributed by atoms with Crippen LogP contribution >= 0.6 is 0 Å². The summed E-state index contributed by atoms with van der Waals surface area (Å²) < 4.78 is 30.8. The van der Waals surface area contributed by atoms with E-state index in [4.69, 9.17) is 18.9 Å². The highest BCUT2D eigenvalue weighted by atomic mass is 16.8. The molecule has 1 saturated heterocycles. The van der Waals surface area contributed by atoms with Gasteiger partial charge in [-0.05, 0) is 13.8 Å². The number of hydrogen-bond acceptors (Lipinski definition) is 8. The summed E-state index contributed by atoms with van der Waals surface area (Å²) in [5.74, 6) is -4.38. The number of ether oxygens (including phenoxy) is 6. The van der Waals surface area contributed by atoms with Gasteiger partial charge in [0, 0.05) is 14.2 Å². The molecular weight excluding hydrogens is 272 g/mol. The fourth-order valence-electron chi connectivity index (χ4n) is 1.86. The van der Waals surface area contributed by atoms with E-state index in [2.05, 4.69) is 9.47 Å². The Balaban J connectivity index is 3.18. The number of carbonyl (C=O) groups is 2. The lowest BCUT2D eigenvalue weighted by molar-refractivity contribution is -0.439. The van der Waals surface area contributed by atoms with Gasteiger partial charge in [-0.1, -0.05) is 0 Å². The van der Waals surface area contributed by atoms with Gasteiger partial charge >= 0.3 is 11.9 Å². The normalized spacial score (nSPS) is 37.3. The first kappa shape index (κ1) is 16.8. The molecule has 1 rings (SSSR count). The van der Waals surface area contributed by atoms with E-state index in [-0.39, 0.29) is 0 Å². The lowest BCUT2D eigenvalue weighted by atomic mass is 10.0. The van der Waals surface area contributed by atoms with Crippen molar-refractivity contribution in [1.29, 1.82) is 0 Å². The van der Waals surface area contributed by atoms with Gasteiger partial charge in [-0.2, -0.15) is 0 Å². The van der Waals surface area contributed by atoms with Crippen molar-refractivity contribution in [3.8, 4) is 0 Å². The maximum Gasteiger partial charge on any atom is 0.338 e. The molecule has 0 radical (unpaired) electrons. The highest BCUT2D eigenvalue weighted by molar-refractivity contribution is 5.85. The van der Waals surface area contributed by atoms with Crippen LogP contribution in [0.4, 0.5) is 0 Å². The van der Waals surface area contributed by atoms with E-state index >= 15 is 0 Å². The Hall–Kier alpha value is -1.22. The van der Waals surface area contributed by atoms with Gasteiger partial charge in [0.25, 0.3) is 0 Å². The summed E-state index contributed by atoms with van der Waals surface area (Å²) in [5.41, 5.74) is 0. The van der Waals surface area contributed by atoms with Crippen LogP contribution in [0.2, 0.25) is 0 Å². The van der Waals surface area contributed by atoms with Crippen LogP contribution in [0.3, 0.4) is 0 Å². The quantitative estimate of drug-likeness (QED) is 0.660. The van der Waals surface area contributed by atoms with Crippen molar-refractivity contribution >= 4 is 11.9 Å². The zero-order valence-electron chi connectivity index (χ0n) is 12.4. The van der Waals surface area contributed by atoms with Gasteiger partial charge < -0.3 is 28.4 Å². The third kappa shape index (κ3) is 2.64. The number of esters is 2. The van der Waals surface area contributed by atoms with Gasteiger partial charge in [0.15, 0.2) is 12.2 Å². The summed E-state index contributed by atoms with van der Waals surface area (Å²) in [6.07, 6.45) is -2.64. The molecule has 0 unspecified atom stereocenters. The molecule has 0 spiro atoms. The average molecular weight is 292 g/mol. The molecule has 0 N–H and O–H groups in total. The molecule has 1 aliphatic heterocycles. The van der Waals surface area contributed by atoms with E-state index in [0.29, 0.717) is 0 Å². The van der Waals surface area contributed by atoms with Gasteiger partial charge in [-0.3, -0.25) is 0 Å². The Kier molecular flexibility index (Phi) is 5.09. The summed E-state index contributed by atoms with van der Waals surface area (Å²) in [6.45, 7) is 3.06. The summed E-state index contributed by atoms with van der Waals surface area (Å²) in [6, 6.07) is 0. The van der Waals surface area contributed by atoms with Crippen molar-refractivity contribution in [2.24, 2.45) is 0 Å². The number of rotatable bonds is 4. The molecular formula is C12H20O8. The summed E-state index contributed by atoms with van der Waals surface area (Å²) in [5, 5.41) is 0. The standard InChI is InChI=1S/C12H20O8/c1-11(17-5)12(2,18-6)20-8(10(14)16-4)7(19-11)9(13)15-3/h7-8H,1-6H3/t7-,8+,11-,12-/m0/s1. The van der Waals surface area contributed by atoms with Crippen LogP contribution in [0.15, 0.2) is 0 Å². The fraction of sp³-hybridized carbons (Fsp3) is 0.833. The van der Waals surface area contributed by atoms with E-state index in [1.165, 1.54) is 42.3 Å². The van der Waals surface area contributed by atoms with Crippen molar-refractivity contribution < 1.29 is 38.0 Å². The van der Waals surface area contributed by atoms with Crippen molar-refractivity contribution in [2.45, 2.75) is 37.6 Å². The average Bonchev–Trinajstić information content (AvgIpc) is 2.47.